The molecular weight excluding hydrogens is 460 g/mol. The largest absolute Gasteiger partial charge is 0.502 e. The van der Waals surface area contributed by atoms with Gasteiger partial charge in [-0.2, -0.15) is 0 Å². The molecule has 2 aromatic rings. The molecule has 11 heteroatoms. The van der Waals surface area contributed by atoms with Crippen molar-refractivity contribution in [2.24, 2.45) is 0 Å². The average molecular weight is 491 g/mol. The molecule has 3 rings (SSSR count). The number of rotatable bonds is 10. The van der Waals surface area contributed by atoms with Crippen molar-refractivity contribution < 1.29 is 38.1 Å². The second-order valence-electron chi connectivity index (χ2n) is 8.00. The molecule has 2 heterocycles. The van der Waals surface area contributed by atoms with Crippen LogP contribution in [0.5, 0.6) is 23.0 Å². The monoisotopic (exact) mass is 490 g/mol. The number of nitrogens with zero attached hydrogens (tertiary/aromatic N) is 2. The van der Waals surface area contributed by atoms with E-state index in [-0.39, 0.29) is 12.2 Å². The van der Waals surface area contributed by atoms with E-state index in [0.717, 1.165) is 6.41 Å². The van der Waals surface area contributed by atoms with Gasteiger partial charge in [-0.3, -0.25) is 19.3 Å². The van der Waals surface area contributed by atoms with Gasteiger partial charge in [-0.15, -0.1) is 0 Å². The number of hydrogen-bond donors (Lipinski definition) is 1. The zero-order valence-corrected chi connectivity index (χ0v) is 20.2. The van der Waals surface area contributed by atoms with Crippen LogP contribution in [0.4, 0.5) is 0 Å². The molecular formula is C24H30N2O9. The third kappa shape index (κ3) is 5.86. The first-order valence-electron chi connectivity index (χ1n) is 11.0. The Labute approximate surface area is 202 Å². The van der Waals surface area contributed by atoms with E-state index < -0.39 is 23.1 Å². The quantitative estimate of drug-likeness (QED) is 0.385. The maximum atomic E-state index is 12.7. The van der Waals surface area contributed by atoms with Gasteiger partial charge >= 0.3 is 5.97 Å². The lowest BCUT2D eigenvalue weighted by atomic mass is 9.91. The Morgan fingerprint density at radius 2 is 1.69 bits per heavy atom. The number of benzene rings is 1. The van der Waals surface area contributed by atoms with Crippen LogP contribution >= 0.6 is 0 Å². The molecule has 1 atom stereocenters. The number of piperazine rings is 1. The first kappa shape index (κ1) is 25.9. The molecule has 1 fully saturated rings. The van der Waals surface area contributed by atoms with Gasteiger partial charge in [0.25, 0.3) is 0 Å². The predicted molar refractivity (Wildman–Crippen MR) is 124 cm³/mol. The predicted octanol–water partition coefficient (Wildman–Crippen LogP) is 1.34. The van der Waals surface area contributed by atoms with Crippen molar-refractivity contribution in [3.8, 4) is 23.0 Å². The second kappa shape index (κ2) is 11.6. The Bertz CT molecular complexity index is 1080. The minimum Gasteiger partial charge on any atom is -0.502 e. The molecule has 0 bridgehead atoms. The molecule has 1 amide bonds. The molecule has 1 aliphatic heterocycles. The summed E-state index contributed by atoms with van der Waals surface area (Å²) in [5, 5.41) is 10.7. The summed E-state index contributed by atoms with van der Waals surface area (Å²) in [6.07, 6.45) is 0.595. The van der Waals surface area contributed by atoms with E-state index in [9.17, 15) is 19.5 Å². The summed E-state index contributed by atoms with van der Waals surface area (Å²) in [5.41, 5.74) is -0.143. The third-order valence-corrected chi connectivity index (χ3v) is 5.94. The van der Waals surface area contributed by atoms with E-state index in [0.29, 0.717) is 61.3 Å². The molecule has 0 unspecified atom stereocenters. The fourth-order valence-electron chi connectivity index (χ4n) is 4.03. The summed E-state index contributed by atoms with van der Waals surface area (Å²) < 4.78 is 27.1. The highest BCUT2D eigenvalue weighted by Gasteiger charge is 2.29. The van der Waals surface area contributed by atoms with Crippen LogP contribution in [0.3, 0.4) is 0 Å². The molecule has 0 aliphatic carbocycles. The van der Waals surface area contributed by atoms with E-state index >= 15 is 0 Å². The first-order valence-corrected chi connectivity index (χ1v) is 11.0. The SMILES string of the molecule is COC(=O)C[C@@H](c1cc(OC)c(OC)c(OC)c1)c1oc(CN2CCN(C=O)CC2)cc(=O)c1O. The summed E-state index contributed by atoms with van der Waals surface area (Å²) >= 11 is 0. The van der Waals surface area contributed by atoms with Gasteiger partial charge in [0.05, 0.1) is 47.3 Å². The smallest absolute Gasteiger partial charge is 0.306 e. The van der Waals surface area contributed by atoms with E-state index in [1.807, 2.05) is 4.90 Å². The summed E-state index contributed by atoms with van der Waals surface area (Å²) in [4.78, 5) is 39.6. The highest BCUT2D eigenvalue weighted by Crippen LogP contribution is 2.43. The van der Waals surface area contributed by atoms with Crippen LogP contribution in [-0.4, -0.2) is 81.9 Å². The van der Waals surface area contributed by atoms with Crippen molar-refractivity contribution >= 4 is 12.4 Å². The fourth-order valence-corrected chi connectivity index (χ4v) is 4.03. The lowest BCUT2D eigenvalue weighted by Crippen LogP contribution is -2.45. The maximum Gasteiger partial charge on any atom is 0.306 e. The summed E-state index contributed by atoms with van der Waals surface area (Å²) in [5.74, 6) is -0.766. The summed E-state index contributed by atoms with van der Waals surface area (Å²) in [7, 11) is 5.63. The van der Waals surface area contributed by atoms with Crippen LogP contribution in [0.2, 0.25) is 0 Å². The van der Waals surface area contributed by atoms with Gasteiger partial charge in [-0.1, -0.05) is 0 Å². The third-order valence-electron chi connectivity index (χ3n) is 5.94. The van der Waals surface area contributed by atoms with Crippen LogP contribution in [0.15, 0.2) is 27.4 Å². The Hall–Kier alpha value is -3.73. The van der Waals surface area contributed by atoms with Crippen molar-refractivity contribution in [1.82, 2.24) is 9.80 Å². The summed E-state index contributed by atoms with van der Waals surface area (Å²) in [6, 6.07) is 4.48. The normalized spacial score (nSPS) is 14.8. The molecule has 1 aliphatic rings. The maximum absolute atomic E-state index is 12.7. The van der Waals surface area contributed by atoms with E-state index in [4.69, 9.17) is 23.4 Å². The number of hydrogen-bond acceptors (Lipinski definition) is 10. The van der Waals surface area contributed by atoms with Crippen molar-refractivity contribution in [3.05, 3.63) is 45.5 Å². The van der Waals surface area contributed by atoms with Crippen LogP contribution < -0.4 is 19.6 Å². The zero-order chi connectivity index (χ0) is 25.5. The van der Waals surface area contributed by atoms with E-state index in [2.05, 4.69) is 0 Å². The van der Waals surface area contributed by atoms with Gasteiger partial charge < -0.3 is 33.4 Å². The van der Waals surface area contributed by atoms with Gasteiger partial charge in [0.1, 0.15) is 5.76 Å². The van der Waals surface area contributed by atoms with Crippen LogP contribution in [-0.2, 0) is 20.9 Å². The minimum absolute atomic E-state index is 0.0706. The number of methoxy groups -OCH3 is 4. The molecule has 1 aromatic heterocycles. The van der Waals surface area contributed by atoms with Crippen LogP contribution in [0, 0.1) is 0 Å². The van der Waals surface area contributed by atoms with Gasteiger partial charge in [-0.05, 0) is 17.7 Å². The number of carbonyl (C=O) groups excluding carboxylic acids is 2. The van der Waals surface area contributed by atoms with Crippen molar-refractivity contribution in [2.75, 3.05) is 54.6 Å². The van der Waals surface area contributed by atoms with Gasteiger partial charge in [0.2, 0.25) is 23.3 Å². The Kier molecular flexibility index (Phi) is 8.58. The average Bonchev–Trinajstić information content (AvgIpc) is 2.88. The van der Waals surface area contributed by atoms with Gasteiger partial charge in [0.15, 0.2) is 17.3 Å². The number of esters is 1. The fraction of sp³-hybridized carbons (Fsp3) is 0.458. The van der Waals surface area contributed by atoms with E-state index in [1.165, 1.54) is 34.5 Å². The molecule has 0 spiro atoms. The molecule has 190 valence electrons. The molecule has 1 saturated heterocycles. The Morgan fingerprint density at radius 3 is 2.20 bits per heavy atom. The lowest BCUT2D eigenvalue weighted by molar-refractivity contribution is -0.141. The van der Waals surface area contributed by atoms with E-state index in [1.54, 1.807) is 17.0 Å². The molecule has 0 radical (unpaired) electrons. The van der Waals surface area contributed by atoms with Crippen molar-refractivity contribution in [2.45, 2.75) is 18.9 Å². The topological polar surface area (TPSA) is 128 Å². The highest BCUT2D eigenvalue weighted by atomic mass is 16.5. The molecule has 0 saturated carbocycles. The second-order valence-corrected chi connectivity index (χ2v) is 8.00. The minimum atomic E-state index is -0.879. The number of aromatic hydroxyl groups is 1. The Balaban J connectivity index is 2.05. The standard InChI is InChI=1S/C24H30N2O9/c1-31-19-9-15(10-20(32-2)24(19)34-4)17(12-21(29)33-3)23-22(30)18(28)11-16(35-23)13-25-5-7-26(14-27)8-6-25/h9-11,14,17,30H,5-8,12-13H2,1-4H3/t17-/m0/s1. The van der Waals surface area contributed by atoms with Crippen LogP contribution in [0.1, 0.15) is 29.4 Å². The van der Waals surface area contributed by atoms with Crippen molar-refractivity contribution in [3.63, 3.8) is 0 Å². The van der Waals surface area contributed by atoms with Crippen LogP contribution in [0.25, 0.3) is 0 Å². The molecule has 35 heavy (non-hydrogen) atoms. The lowest BCUT2D eigenvalue weighted by Gasteiger charge is -2.32. The highest BCUT2D eigenvalue weighted by molar-refractivity contribution is 5.71. The van der Waals surface area contributed by atoms with Gasteiger partial charge in [0, 0.05) is 32.2 Å². The summed E-state index contributed by atoms with van der Waals surface area (Å²) in [6.45, 7) is 2.65. The Morgan fingerprint density at radius 1 is 1.06 bits per heavy atom. The van der Waals surface area contributed by atoms with Gasteiger partial charge in [-0.25, -0.2) is 0 Å². The molecule has 1 N–H and O–H groups in total. The van der Waals surface area contributed by atoms with Crippen molar-refractivity contribution in [1.29, 1.82) is 0 Å². The molecule has 11 nitrogen and oxygen atoms in total. The number of ether oxygens (including phenoxy) is 4. The molecule has 1 aromatic carbocycles. The zero-order valence-electron chi connectivity index (χ0n) is 20.2. The number of amides is 1. The number of carbonyl (C=O) groups is 2. The first-order chi connectivity index (χ1) is 16.8.